The van der Waals surface area contributed by atoms with Crippen molar-refractivity contribution in [3.05, 3.63) is 52.0 Å². The van der Waals surface area contributed by atoms with E-state index in [1.807, 2.05) is 0 Å². The maximum Gasteiger partial charge on any atom is 0.252 e. The Balaban J connectivity index is 1.89. The highest BCUT2D eigenvalue weighted by Gasteiger charge is 2.17. The molecule has 0 saturated heterocycles. The average molecular weight is 325 g/mol. The highest BCUT2D eigenvalue weighted by molar-refractivity contribution is 7.07. The number of carbonyl (C=O) groups is 2. The van der Waals surface area contributed by atoms with E-state index in [9.17, 15) is 18.4 Å². The van der Waals surface area contributed by atoms with E-state index >= 15 is 0 Å². The molecule has 0 spiro atoms. The van der Waals surface area contributed by atoms with Gasteiger partial charge in [-0.15, -0.1) is 11.3 Å². The molecule has 0 aliphatic heterocycles. The van der Waals surface area contributed by atoms with Gasteiger partial charge in [0.1, 0.15) is 6.04 Å². The van der Waals surface area contributed by atoms with Gasteiger partial charge in [0, 0.05) is 10.9 Å². The third-order valence-corrected chi connectivity index (χ3v) is 3.49. The lowest BCUT2D eigenvalue weighted by Crippen LogP contribution is -2.44. The molecule has 0 fully saturated rings. The van der Waals surface area contributed by atoms with Crippen molar-refractivity contribution in [1.29, 1.82) is 0 Å². The summed E-state index contributed by atoms with van der Waals surface area (Å²) in [5, 5.41) is 6.83. The van der Waals surface area contributed by atoms with Crippen LogP contribution in [0.5, 0.6) is 0 Å². The first-order valence-electron chi connectivity index (χ1n) is 6.38. The fraction of sp³-hybridized carbons (Fsp3) is 0.214. The summed E-state index contributed by atoms with van der Waals surface area (Å²) in [5.74, 6) is -3.21. The molecule has 0 saturated carbocycles. The summed E-state index contributed by atoms with van der Waals surface area (Å²) in [6, 6.07) is 1.97. The molecule has 0 radical (unpaired) electrons. The van der Waals surface area contributed by atoms with Crippen molar-refractivity contribution in [1.82, 2.24) is 15.6 Å². The fourth-order valence-electron chi connectivity index (χ4n) is 1.64. The second kappa shape index (κ2) is 7.08. The van der Waals surface area contributed by atoms with Crippen LogP contribution in [0.2, 0.25) is 0 Å². The van der Waals surface area contributed by atoms with Crippen LogP contribution in [0.15, 0.2) is 29.1 Å². The van der Waals surface area contributed by atoms with Crippen molar-refractivity contribution < 1.29 is 18.4 Å². The van der Waals surface area contributed by atoms with Crippen LogP contribution in [-0.4, -0.2) is 22.8 Å². The quantitative estimate of drug-likeness (QED) is 0.881. The van der Waals surface area contributed by atoms with Gasteiger partial charge in [0.25, 0.3) is 5.91 Å². The molecule has 0 bridgehead atoms. The van der Waals surface area contributed by atoms with Crippen LogP contribution in [0.4, 0.5) is 8.78 Å². The van der Waals surface area contributed by atoms with Crippen LogP contribution in [0.1, 0.15) is 23.0 Å². The molecule has 2 amide bonds. The van der Waals surface area contributed by atoms with E-state index in [4.69, 9.17) is 0 Å². The normalized spacial score (nSPS) is 11.8. The number of halogens is 2. The van der Waals surface area contributed by atoms with Gasteiger partial charge >= 0.3 is 0 Å². The molecule has 1 aromatic carbocycles. The molecule has 22 heavy (non-hydrogen) atoms. The van der Waals surface area contributed by atoms with E-state index in [1.165, 1.54) is 18.3 Å². The van der Waals surface area contributed by atoms with Crippen molar-refractivity contribution in [2.45, 2.75) is 19.5 Å². The van der Waals surface area contributed by atoms with Crippen LogP contribution in [0, 0.1) is 11.6 Å². The smallest absolute Gasteiger partial charge is 0.252 e. The molecule has 116 valence electrons. The molecule has 0 aliphatic carbocycles. The Morgan fingerprint density at radius 3 is 2.73 bits per heavy atom. The first kappa shape index (κ1) is 16.0. The summed E-state index contributed by atoms with van der Waals surface area (Å²) in [7, 11) is 0. The number of nitrogens with zero attached hydrogens (tertiary/aromatic N) is 1. The molecular formula is C14H13F2N3O2S. The van der Waals surface area contributed by atoms with E-state index < -0.39 is 29.5 Å². The SMILES string of the molecule is C[C@@H](NC(=O)c1ccc(F)c(F)c1)C(=O)NCc1cscn1. The highest BCUT2D eigenvalue weighted by atomic mass is 32.1. The minimum absolute atomic E-state index is 0.0574. The summed E-state index contributed by atoms with van der Waals surface area (Å²) >= 11 is 1.41. The van der Waals surface area contributed by atoms with Gasteiger partial charge in [-0.05, 0) is 25.1 Å². The van der Waals surface area contributed by atoms with E-state index in [-0.39, 0.29) is 12.1 Å². The third kappa shape index (κ3) is 4.08. The Hall–Kier alpha value is -2.35. The summed E-state index contributed by atoms with van der Waals surface area (Å²) in [4.78, 5) is 27.7. The molecule has 8 heteroatoms. The van der Waals surface area contributed by atoms with E-state index in [2.05, 4.69) is 15.6 Å². The maximum atomic E-state index is 13.1. The number of amides is 2. The van der Waals surface area contributed by atoms with E-state index in [1.54, 1.807) is 10.9 Å². The highest BCUT2D eigenvalue weighted by Crippen LogP contribution is 2.08. The van der Waals surface area contributed by atoms with Crippen LogP contribution in [-0.2, 0) is 11.3 Å². The van der Waals surface area contributed by atoms with Gasteiger partial charge in [-0.25, -0.2) is 13.8 Å². The van der Waals surface area contributed by atoms with Crippen molar-refractivity contribution in [2.24, 2.45) is 0 Å². The van der Waals surface area contributed by atoms with Crippen molar-refractivity contribution in [3.63, 3.8) is 0 Å². The minimum atomic E-state index is -1.12. The number of hydrogen-bond acceptors (Lipinski definition) is 4. The lowest BCUT2D eigenvalue weighted by molar-refractivity contribution is -0.122. The van der Waals surface area contributed by atoms with Crippen LogP contribution in [0.3, 0.4) is 0 Å². The zero-order valence-corrected chi connectivity index (χ0v) is 12.4. The Morgan fingerprint density at radius 2 is 2.09 bits per heavy atom. The van der Waals surface area contributed by atoms with Gasteiger partial charge in [-0.1, -0.05) is 0 Å². The lowest BCUT2D eigenvalue weighted by Gasteiger charge is -2.13. The molecule has 1 heterocycles. The first-order chi connectivity index (χ1) is 10.5. The Bertz CT molecular complexity index is 677. The van der Waals surface area contributed by atoms with Crippen LogP contribution < -0.4 is 10.6 Å². The predicted octanol–water partition coefficient (Wildman–Crippen LogP) is 1.86. The Morgan fingerprint density at radius 1 is 1.32 bits per heavy atom. The molecule has 0 aliphatic rings. The molecule has 2 rings (SSSR count). The van der Waals surface area contributed by atoms with Crippen molar-refractivity contribution in [3.8, 4) is 0 Å². The predicted molar refractivity (Wildman–Crippen MR) is 77.2 cm³/mol. The zero-order chi connectivity index (χ0) is 16.1. The van der Waals surface area contributed by atoms with Gasteiger partial charge in [-0.3, -0.25) is 9.59 Å². The van der Waals surface area contributed by atoms with E-state index in [0.717, 1.165) is 23.9 Å². The fourth-order valence-corrected chi connectivity index (χ4v) is 2.20. The van der Waals surface area contributed by atoms with Crippen molar-refractivity contribution in [2.75, 3.05) is 0 Å². The first-order valence-corrected chi connectivity index (χ1v) is 7.32. The zero-order valence-electron chi connectivity index (χ0n) is 11.6. The molecule has 5 nitrogen and oxygen atoms in total. The molecule has 0 unspecified atom stereocenters. The summed E-state index contributed by atoms with van der Waals surface area (Å²) in [5.41, 5.74) is 2.31. The number of nitrogens with one attached hydrogen (secondary N) is 2. The summed E-state index contributed by atoms with van der Waals surface area (Å²) in [6.07, 6.45) is 0. The minimum Gasteiger partial charge on any atom is -0.349 e. The number of rotatable bonds is 5. The average Bonchev–Trinajstić information content (AvgIpc) is 3.00. The topological polar surface area (TPSA) is 71.1 Å². The lowest BCUT2D eigenvalue weighted by atomic mass is 10.2. The van der Waals surface area contributed by atoms with Gasteiger partial charge in [-0.2, -0.15) is 0 Å². The monoisotopic (exact) mass is 325 g/mol. The Labute approximate surface area is 129 Å². The molecule has 2 N–H and O–H groups in total. The second-order valence-corrected chi connectivity index (χ2v) is 5.24. The maximum absolute atomic E-state index is 13.1. The number of aromatic nitrogens is 1. The van der Waals surface area contributed by atoms with Gasteiger partial charge in [0.05, 0.1) is 17.7 Å². The van der Waals surface area contributed by atoms with Gasteiger partial charge < -0.3 is 10.6 Å². The molecule has 1 aromatic heterocycles. The van der Waals surface area contributed by atoms with Crippen molar-refractivity contribution >= 4 is 23.2 Å². The van der Waals surface area contributed by atoms with Gasteiger partial charge in [0.15, 0.2) is 11.6 Å². The number of thiazole rings is 1. The summed E-state index contributed by atoms with van der Waals surface area (Å²) < 4.78 is 25.9. The number of hydrogen-bond donors (Lipinski definition) is 2. The molecule has 2 aromatic rings. The van der Waals surface area contributed by atoms with Gasteiger partial charge in [0.2, 0.25) is 5.91 Å². The molecular weight excluding hydrogens is 312 g/mol. The Kier molecular flexibility index (Phi) is 5.16. The van der Waals surface area contributed by atoms with Crippen LogP contribution in [0.25, 0.3) is 0 Å². The number of benzene rings is 1. The standard InChI is InChI=1S/C14H13F2N3O2S/c1-8(13(20)17-5-10-6-22-7-18-10)19-14(21)9-2-3-11(15)12(16)4-9/h2-4,6-8H,5H2,1H3,(H,17,20)(H,19,21)/t8-/m1/s1. The number of carbonyl (C=O) groups excluding carboxylic acids is 2. The molecule has 1 atom stereocenters. The van der Waals surface area contributed by atoms with E-state index in [0.29, 0.717) is 0 Å². The largest absolute Gasteiger partial charge is 0.349 e. The third-order valence-electron chi connectivity index (χ3n) is 2.85. The second-order valence-electron chi connectivity index (χ2n) is 4.52. The van der Waals surface area contributed by atoms with Crippen LogP contribution >= 0.6 is 11.3 Å². The summed E-state index contributed by atoms with van der Waals surface area (Å²) in [6.45, 7) is 1.75.